The molecule has 4 aromatic rings. The number of H-pyrrole nitrogens is 2. The Bertz CT molecular complexity index is 1270. The number of imidazole rings is 1. The molecule has 1 aliphatic rings. The zero-order valence-corrected chi connectivity index (χ0v) is 16.4. The molecule has 2 atom stereocenters. The topological polar surface area (TPSA) is 116 Å². The first kappa shape index (κ1) is 17.8. The molecular formula is C21H23N7O. The number of benzene rings is 1. The van der Waals surface area contributed by atoms with Crippen LogP contribution in [0.4, 0.5) is 5.69 Å². The lowest BCUT2D eigenvalue weighted by atomic mass is 10.0. The Balaban J connectivity index is 1.61. The number of aromatic amines is 2. The van der Waals surface area contributed by atoms with Crippen molar-refractivity contribution >= 4 is 27.8 Å². The summed E-state index contributed by atoms with van der Waals surface area (Å²) in [6.45, 7) is 0.960. The Morgan fingerprint density at radius 3 is 2.72 bits per heavy atom. The van der Waals surface area contributed by atoms with Crippen molar-refractivity contribution in [3.05, 3.63) is 52.4 Å². The van der Waals surface area contributed by atoms with E-state index in [0.29, 0.717) is 34.3 Å². The van der Waals surface area contributed by atoms with E-state index in [1.54, 1.807) is 0 Å². The van der Waals surface area contributed by atoms with E-state index in [0.717, 1.165) is 29.6 Å². The largest absolute Gasteiger partial charge is 0.397 e. The highest BCUT2D eigenvalue weighted by atomic mass is 16.1. The molecule has 5 N–H and O–H groups in total. The van der Waals surface area contributed by atoms with E-state index in [-0.39, 0.29) is 11.6 Å². The second-order valence-electron chi connectivity index (χ2n) is 7.73. The molecule has 2 unspecified atom stereocenters. The van der Waals surface area contributed by atoms with Crippen LogP contribution >= 0.6 is 0 Å². The molecule has 0 bridgehead atoms. The van der Waals surface area contributed by atoms with E-state index >= 15 is 0 Å². The Hall–Kier alpha value is -3.23. The van der Waals surface area contributed by atoms with Crippen molar-refractivity contribution in [3.8, 4) is 11.4 Å². The fourth-order valence-electron chi connectivity index (χ4n) is 4.25. The summed E-state index contributed by atoms with van der Waals surface area (Å²) in [5.41, 5.74) is 9.83. The molecule has 0 radical (unpaired) electrons. The smallest absolute Gasteiger partial charge is 0.261 e. The Labute approximate surface area is 167 Å². The van der Waals surface area contributed by atoms with Crippen LogP contribution < -0.4 is 16.6 Å². The third-order valence-corrected chi connectivity index (χ3v) is 5.74. The van der Waals surface area contributed by atoms with Crippen molar-refractivity contribution in [1.29, 1.82) is 0 Å². The maximum atomic E-state index is 12.7. The third-order valence-electron chi connectivity index (χ3n) is 5.74. The number of hydrogen-bond donors (Lipinski definition) is 4. The van der Waals surface area contributed by atoms with Gasteiger partial charge in [0.15, 0.2) is 5.65 Å². The van der Waals surface area contributed by atoms with E-state index in [2.05, 4.69) is 39.3 Å². The molecule has 8 nitrogen and oxygen atoms in total. The minimum absolute atomic E-state index is 0.156. The number of fused-ring (bicyclic) bond motifs is 2. The summed E-state index contributed by atoms with van der Waals surface area (Å²) in [6.07, 6.45) is 1.08. The number of pyridine rings is 2. The van der Waals surface area contributed by atoms with Crippen LogP contribution in [0, 0.1) is 0 Å². The molecule has 4 heterocycles. The Kier molecular flexibility index (Phi) is 4.11. The monoisotopic (exact) mass is 389 g/mol. The lowest BCUT2D eigenvalue weighted by molar-refractivity contribution is 0.268. The second kappa shape index (κ2) is 6.68. The summed E-state index contributed by atoms with van der Waals surface area (Å²) in [5, 5.41) is 4.32. The van der Waals surface area contributed by atoms with Crippen molar-refractivity contribution < 1.29 is 0 Å². The third kappa shape index (κ3) is 2.88. The number of hydrogen-bond acceptors (Lipinski definition) is 6. The van der Waals surface area contributed by atoms with Gasteiger partial charge in [0.05, 0.1) is 28.5 Å². The molecule has 0 amide bonds. The van der Waals surface area contributed by atoms with Crippen LogP contribution in [0.5, 0.6) is 0 Å². The number of likely N-dealkylation sites (N-methyl/N-ethyl adjacent to an activating group) is 1. The number of aromatic nitrogens is 4. The highest BCUT2D eigenvalue weighted by Crippen LogP contribution is 2.29. The predicted octanol–water partition coefficient (Wildman–Crippen LogP) is 2.01. The van der Waals surface area contributed by atoms with Crippen LogP contribution in [0.25, 0.3) is 33.5 Å². The molecule has 0 aliphatic carbocycles. The second-order valence-corrected chi connectivity index (χ2v) is 7.73. The Morgan fingerprint density at radius 2 is 1.90 bits per heavy atom. The highest BCUT2D eigenvalue weighted by molar-refractivity contribution is 5.97. The van der Waals surface area contributed by atoms with E-state index < -0.39 is 0 Å². The molecule has 0 spiro atoms. The van der Waals surface area contributed by atoms with E-state index in [4.69, 9.17) is 10.7 Å². The molecule has 1 saturated heterocycles. The molecule has 8 heteroatoms. The summed E-state index contributed by atoms with van der Waals surface area (Å²) < 4.78 is 0. The molecule has 148 valence electrons. The molecule has 29 heavy (non-hydrogen) atoms. The molecule has 1 aliphatic heterocycles. The van der Waals surface area contributed by atoms with Crippen LogP contribution in [0.1, 0.15) is 18.2 Å². The summed E-state index contributed by atoms with van der Waals surface area (Å²) in [7, 11) is 4.18. The lowest BCUT2D eigenvalue weighted by Gasteiger charge is -2.25. The van der Waals surface area contributed by atoms with Gasteiger partial charge in [0.1, 0.15) is 11.4 Å². The first-order valence-corrected chi connectivity index (χ1v) is 9.70. The molecule has 0 saturated carbocycles. The van der Waals surface area contributed by atoms with Crippen molar-refractivity contribution in [2.75, 3.05) is 26.4 Å². The van der Waals surface area contributed by atoms with Crippen LogP contribution in [-0.2, 0) is 0 Å². The van der Waals surface area contributed by atoms with E-state index in [1.807, 2.05) is 36.4 Å². The van der Waals surface area contributed by atoms with Crippen molar-refractivity contribution in [2.24, 2.45) is 0 Å². The number of nitrogens with two attached hydrogens (primary N) is 1. The van der Waals surface area contributed by atoms with Gasteiger partial charge in [-0.15, -0.1) is 0 Å². The average molecular weight is 389 g/mol. The standard InChI is InChI=1S/C21H23N7O/c1-28(2)15-9-10-23-18(15)13-7-8-14-19(24-13)27-20(25-14)16-17(22)11-5-3-4-6-12(11)26-21(16)29/h3-8,15,18,23H,9-10H2,1-2H3,(H3,22,26,29)(H,24,25,27). The first-order chi connectivity index (χ1) is 14.0. The summed E-state index contributed by atoms with van der Waals surface area (Å²) in [6, 6.07) is 12.0. The molecular weight excluding hydrogens is 366 g/mol. The summed E-state index contributed by atoms with van der Waals surface area (Å²) in [5.74, 6) is 0.428. The zero-order valence-electron chi connectivity index (χ0n) is 16.4. The van der Waals surface area contributed by atoms with Crippen LogP contribution in [0.2, 0.25) is 0 Å². The van der Waals surface area contributed by atoms with E-state index in [1.165, 1.54) is 0 Å². The number of nitrogen functional groups attached to an aromatic ring is 1. The maximum absolute atomic E-state index is 12.7. The van der Waals surface area contributed by atoms with Crippen molar-refractivity contribution in [2.45, 2.75) is 18.5 Å². The van der Waals surface area contributed by atoms with Gasteiger partial charge in [0.25, 0.3) is 5.56 Å². The van der Waals surface area contributed by atoms with Gasteiger partial charge >= 0.3 is 0 Å². The predicted molar refractivity (Wildman–Crippen MR) is 115 cm³/mol. The quantitative estimate of drug-likeness (QED) is 0.426. The maximum Gasteiger partial charge on any atom is 0.261 e. The zero-order chi connectivity index (χ0) is 20.1. The minimum atomic E-state index is -0.273. The number of anilines is 1. The number of nitrogens with zero attached hydrogens (tertiary/aromatic N) is 3. The molecule has 1 aromatic carbocycles. The van der Waals surface area contributed by atoms with Crippen molar-refractivity contribution in [3.63, 3.8) is 0 Å². The van der Waals surface area contributed by atoms with Gasteiger partial charge in [-0.3, -0.25) is 4.79 Å². The SMILES string of the molecule is CN(C)C1CCNC1c1ccc2[nH]c(-c3c(N)c4ccccc4[nH]c3=O)nc2n1. The number of nitrogens with one attached hydrogen (secondary N) is 3. The van der Waals surface area contributed by atoms with Gasteiger partial charge in [-0.2, -0.15) is 0 Å². The van der Waals surface area contributed by atoms with Gasteiger partial charge in [-0.05, 0) is 45.3 Å². The summed E-state index contributed by atoms with van der Waals surface area (Å²) >= 11 is 0. The van der Waals surface area contributed by atoms with Gasteiger partial charge < -0.3 is 25.9 Å². The van der Waals surface area contributed by atoms with Gasteiger partial charge in [0.2, 0.25) is 0 Å². The lowest BCUT2D eigenvalue weighted by Crippen LogP contribution is -2.33. The molecule has 1 fully saturated rings. The first-order valence-electron chi connectivity index (χ1n) is 9.70. The number of para-hydroxylation sites is 1. The van der Waals surface area contributed by atoms with Crippen LogP contribution in [0.3, 0.4) is 0 Å². The molecule has 5 rings (SSSR count). The van der Waals surface area contributed by atoms with Gasteiger partial charge in [-0.1, -0.05) is 18.2 Å². The normalized spacial score (nSPS) is 19.6. The van der Waals surface area contributed by atoms with Gasteiger partial charge in [0, 0.05) is 11.4 Å². The minimum Gasteiger partial charge on any atom is -0.397 e. The van der Waals surface area contributed by atoms with Crippen molar-refractivity contribution in [1.82, 2.24) is 30.2 Å². The average Bonchev–Trinajstić information content (AvgIpc) is 3.34. The van der Waals surface area contributed by atoms with E-state index in [9.17, 15) is 4.79 Å². The number of rotatable bonds is 3. The fraction of sp³-hybridized carbons (Fsp3) is 0.286. The highest BCUT2D eigenvalue weighted by Gasteiger charge is 2.31. The fourth-order valence-corrected chi connectivity index (χ4v) is 4.25. The van der Waals surface area contributed by atoms with Crippen LogP contribution in [0.15, 0.2) is 41.2 Å². The molecule has 3 aromatic heterocycles. The summed E-state index contributed by atoms with van der Waals surface area (Å²) in [4.78, 5) is 30.4. The Morgan fingerprint density at radius 1 is 1.07 bits per heavy atom. The van der Waals surface area contributed by atoms with Crippen LogP contribution in [-0.4, -0.2) is 51.5 Å². The van der Waals surface area contributed by atoms with Gasteiger partial charge in [-0.25, -0.2) is 9.97 Å².